The third-order valence-electron chi connectivity index (χ3n) is 3.95. The Morgan fingerprint density at radius 3 is 2.43 bits per heavy atom. The maximum atomic E-state index is 12.3. The van der Waals surface area contributed by atoms with Crippen LogP contribution in [-0.4, -0.2) is 51.3 Å². The molecule has 1 saturated heterocycles. The molecule has 1 aromatic rings. The van der Waals surface area contributed by atoms with Gasteiger partial charge in [-0.2, -0.15) is 0 Å². The third-order valence-corrected chi connectivity index (χ3v) is 5.36. The van der Waals surface area contributed by atoms with E-state index in [1.165, 1.54) is 32.2 Å². The molecule has 1 aliphatic rings. The number of nitrogens with zero attached hydrogens (tertiary/aromatic N) is 1. The summed E-state index contributed by atoms with van der Waals surface area (Å²) in [6, 6.07) is 5.90. The Balaban J connectivity index is 2.02. The van der Waals surface area contributed by atoms with Crippen LogP contribution < -0.4 is 10.0 Å². The Morgan fingerprint density at radius 1 is 1.22 bits per heavy atom. The second-order valence-electron chi connectivity index (χ2n) is 5.49. The fraction of sp³-hybridized carbons (Fsp3) is 0.467. The van der Waals surface area contributed by atoms with Crippen LogP contribution in [0.2, 0.25) is 0 Å². The molecule has 126 valence electrons. The zero-order valence-electron chi connectivity index (χ0n) is 13.2. The van der Waals surface area contributed by atoms with E-state index in [9.17, 15) is 18.0 Å². The lowest BCUT2D eigenvalue weighted by Gasteiger charge is -2.31. The van der Waals surface area contributed by atoms with Crippen LogP contribution in [0.5, 0.6) is 0 Å². The predicted octanol–water partition coefficient (Wildman–Crippen LogP) is 0.335. The summed E-state index contributed by atoms with van der Waals surface area (Å²) in [4.78, 5) is 25.4. The number of likely N-dealkylation sites (tertiary alicyclic amines) is 1. The minimum atomic E-state index is -3.58. The smallest absolute Gasteiger partial charge is 0.251 e. The van der Waals surface area contributed by atoms with Crippen LogP contribution in [0.25, 0.3) is 0 Å². The van der Waals surface area contributed by atoms with Crippen molar-refractivity contribution in [3.63, 3.8) is 0 Å². The first-order valence-corrected chi connectivity index (χ1v) is 8.92. The van der Waals surface area contributed by atoms with Gasteiger partial charge in [-0.15, -0.1) is 0 Å². The molecular weight excluding hydrogens is 318 g/mol. The number of benzene rings is 1. The van der Waals surface area contributed by atoms with Crippen molar-refractivity contribution in [3.8, 4) is 0 Å². The number of carbonyl (C=O) groups is 2. The Hall–Kier alpha value is -1.93. The van der Waals surface area contributed by atoms with Crippen LogP contribution in [0.1, 0.15) is 30.1 Å². The third kappa shape index (κ3) is 4.29. The minimum absolute atomic E-state index is 0.0114. The van der Waals surface area contributed by atoms with Crippen molar-refractivity contribution in [1.82, 2.24) is 14.9 Å². The fourth-order valence-corrected chi connectivity index (χ4v) is 3.31. The largest absolute Gasteiger partial charge is 0.349 e. The molecule has 0 aliphatic carbocycles. The highest BCUT2D eigenvalue weighted by Gasteiger charge is 2.23. The summed E-state index contributed by atoms with van der Waals surface area (Å²) in [6.45, 7) is 2.77. The van der Waals surface area contributed by atoms with Gasteiger partial charge in [0, 0.05) is 31.6 Å². The normalized spacial score (nSPS) is 16.2. The molecule has 1 aliphatic heterocycles. The molecule has 0 spiro atoms. The predicted molar refractivity (Wildman–Crippen MR) is 85.4 cm³/mol. The van der Waals surface area contributed by atoms with Gasteiger partial charge in [0.15, 0.2) is 0 Å². The molecule has 2 N–H and O–H groups in total. The highest BCUT2D eigenvalue weighted by molar-refractivity contribution is 7.89. The molecule has 2 rings (SSSR count). The van der Waals surface area contributed by atoms with Gasteiger partial charge >= 0.3 is 0 Å². The van der Waals surface area contributed by atoms with Crippen molar-refractivity contribution in [1.29, 1.82) is 0 Å². The summed E-state index contributed by atoms with van der Waals surface area (Å²) in [6.07, 6.45) is 1.39. The monoisotopic (exact) mass is 339 g/mol. The number of hydrogen-bond donors (Lipinski definition) is 2. The van der Waals surface area contributed by atoms with E-state index >= 15 is 0 Å². The van der Waals surface area contributed by atoms with Crippen LogP contribution >= 0.6 is 0 Å². The number of sulfonamides is 1. The fourth-order valence-electron chi connectivity index (χ4n) is 2.53. The molecule has 2 amide bonds. The Labute approximate surface area is 136 Å². The summed E-state index contributed by atoms with van der Waals surface area (Å²) < 4.78 is 25.8. The Bertz CT molecular complexity index is 694. The maximum absolute atomic E-state index is 12.3. The van der Waals surface area contributed by atoms with E-state index in [4.69, 9.17) is 0 Å². The molecule has 1 fully saturated rings. The molecule has 0 unspecified atom stereocenters. The first kappa shape index (κ1) is 17.4. The molecular formula is C15H21N3O4S. The van der Waals surface area contributed by atoms with Crippen molar-refractivity contribution in [2.24, 2.45) is 0 Å². The summed E-state index contributed by atoms with van der Waals surface area (Å²) in [5.41, 5.74) is 0.301. The van der Waals surface area contributed by atoms with Gasteiger partial charge in [-0.05, 0) is 38.1 Å². The number of piperidine rings is 1. The van der Waals surface area contributed by atoms with Crippen molar-refractivity contribution >= 4 is 21.8 Å². The first-order chi connectivity index (χ1) is 10.8. The van der Waals surface area contributed by atoms with Crippen LogP contribution in [-0.2, 0) is 14.8 Å². The summed E-state index contributed by atoms with van der Waals surface area (Å²) >= 11 is 0. The van der Waals surface area contributed by atoms with Crippen LogP contribution in [0.3, 0.4) is 0 Å². The molecule has 23 heavy (non-hydrogen) atoms. The summed E-state index contributed by atoms with van der Waals surface area (Å²) in [7, 11) is -2.25. The Kier molecular flexibility index (Phi) is 5.38. The first-order valence-electron chi connectivity index (χ1n) is 7.43. The highest BCUT2D eigenvalue weighted by atomic mass is 32.2. The molecule has 0 radical (unpaired) electrons. The number of amides is 2. The van der Waals surface area contributed by atoms with E-state index in [0.717, 1.165) is 0 Å². The van der Waals surface area contributed by atoms with E-state index in [1.54, 1.807) is 11.0 Å². The maximum Gasteiger partial charge on any atom is 0.251 e. The quantitative estimate of drug-likeness (QED) is 0.827. The average molecular weight is 339 g/mol. The SMILES string of the molecule is CNS(=O)(=O)c1cccc(C(=O)NC2CCN(C(C)=O)CC2)c1. The van der Waals surface area contributed by atoms with Gasteiger partial charge in [-0.3, -0.25) is 9.59 Å². The minimum Gasteiger partial charge on any atom is -0.349 e. The number of nitrogens with one attached hydrogen (secondary N) is 2. The van der Waals surface area contributed by atoms with Crippen molar-refractivity contribution in [2.45, 2.75) is 30.7 Å². The van der Waals surface area contributed by atoms with E-state index in [0.29, 0.717) is 31.5 Å². The number of rotatable bonds is 4. The molecule has 0 saturated carbocycles. The molecule has 0 atom stereocenters. The highest BCUT2D eigenvalue weighted by Crippen LogP contribution is 2.14. The lowest BCUT2D eigenvalue weighted by Crippen LogP contribution is -2.46. The van der Waals surface area contributed by atoms with Crippen LogP contribution in [0, 0.1) is 0 Å². The average Bonchev–Trinajstić information content (AvgIpc) is 2.55. The number of carbonyl (C=O) groups excluding carboxylic acids is 2. The van der Waals surface area contributed by atoms with Gasteiger partial charge in [-0.1, -0.05) is 6.07 Å². The topological polar surface area (TPSA) is 95.6 Å². The van der Waals surface area contributed by atoms with E-state index in [2.05, 4.69) is 10.0 Å². The van der Waals surface area contributed by atoms with Crippen molar-refractivity contribution < 1.29 is 18.0 Å². The van der Waals surface area contributed by atoms with E-state index in [-0.39, 0.29) is 22.8 Å². The molecule has 0 aromatic heterocycles. The van der Waals surface area contributed by atoms with Crippen LogP contribution in [0.15, 0.2) is 29.2 Å². The van der Waals surface area contributed by atoms with Crippen molar-refractivity contribution in [3.05, 3.63) is 29.8 Å². The zero-order chi connectivity index (χ0) is 17.0. The molecule has 1 heterocycles. The second kappa shape index (κ2) is 7.10. The molecule has 7 nitrogen and oxygen atoms in total. The van der Waals surface area contributed by atoms with Crippen LogP contribution in [0.4, 0.5) is 0 Å². The second-order valence-corrected chi connectivity index (χ2v) is 7.38. The zero-order valence-corrected chi connectivity index (χ0v) is 14.0. The molecule has 1 aromatic carbocycles. The Morgan fingerprint density at radius 2 is 1.87 bits per heavy atom. The van der Waals surface area contributed by atoms with Gasteiger partial charge in [-0.25, -0.2) is 13.1 Å². The lowest BCUT2D eigenvalue weighted by atomic mass is 10.0. The van der Waals surface area contributed by atoms with Gasteiger partial charge in [0.1, 0.15) is 0 Å². The van der Waals surface area contributed by atoms with Gasteiger partial charge in [0.05, 0.1) is 4.90 Å². The van der Waals surface area contributed by atoms with Crippen molar-refractivity contribution in [2.75, 3.05) is 20.1 Å². The van der Waals surface area contributed by atoms with Gasteiger partial charge in [0.2, 0.25) is 15.9 Å². The van der Waals surface area contributed by atoms with E-state index in [1.807, 2.05) is 0 Å². The van der Waals surface area contributed by atoms with E-state index < -0.39 is 10.0 Å². The van der Waals surface area contributed by atoms with Gasteiger partial charge in [0.25, 0.3) is 5.91 Å². The summed E-state index contributed by atoms with van der Waals surface area (Å²) in [5.74, 6) is -0.265. The van der Waals surface area contributed by atoms with Gasteiger partial charge < -0.3 is 10.2 Å². The molecule has 8 heteroatoms. The lowest BCUT2D eigenvalue weighted by molar-refractivity contribution is -0.129. The number of hydrogen-bond acceptors (Lipinski definition) is 4. The standard InChI is InChI=1S/C15H21N3O4S/c1-11(19)18-8-6-13(7-9-18)17-15(20)12-4-3-5-14(10-12)23(21,22)16-2/h3-5,10,13,16H,6-9H2,1-2H3,(H,17,20). The molecule has 0 bridgehead atoms. The summed E-state index contributed by atoms with van der Waals surface area (Å²) in [5, 5.41) is 2.90.